The maximum Gasteiger partial charge on any atom is 0.321 e. The highest BCUT2D eigenvalue weighted by molar-refractivity contribution is 8.14. The molecule has 128 valence electrons. The number of fused-ring (bicyclic) bond motifs is 1. The first kappa shape index (κ1) is 17.0. The monoisotopic (exact) mass is 366 g/mol. The number of halogens is 1. The van der Waals surface area contributed by atoms with Crippen LogP contribution < -0.4 is 5.32 Å². The maximum absolute atomic E-state index is 12.5. The summed E-state index contributed by atoms with van der Waals surface area (Å²) >= 11 is 0. The van der Waals surface area contributed by atoms with Crippen molar-refractivity contribution >= 4 is 42.2 Å². The van der Waals surface area contributed by atoms with E-state index in [-0.39, 0.29) is 10.9 Å². The number of carbonyl (C=O) groups is 1. The van der Waals surface area contributed by atoms with E-state index in [1.807, 2.05) is 4.90 Å². The Labute approximate surface area is 146 Å². The minimum atomic E-state index is -3.85. The summed E-state index contributed by atoms with van der Waals surface area (Å²) in [7, 11) is 1.66. The van der Waals surface area contributed by atoms with Crippen molar-refractivity contribution in [3.8, 4) is 0 Å². The third-order valence-electron chi connectivity index (χ3n) is 4.28. The zero-order valence-electron chi connectivity index (χ0n) is 13.2. The SMILES string of the molecule is O=C(Nc1cccc2c(S(=O)(=O)Cl)cccc12)N1CCCCCC1. The normalized spacial score (nSPS) is 16.0. The van der Waals surface area contributed by atoms with Gasteiger partial charge in [0.2, 0.25) is 0 Å². The number of hydrogen-bond acceptors (Lipinski definition) is 3. The van der Waals surface area contributed by atoms with Crippen molar-refractivity contribution in [2.45, 2.75) is 30.6 Å². The minimum Gasteiger partial charge on any atom is -0.325 e. The lowest BCUT2D eigenvalue weighted by Gasteiger charge is -2.21. The molecule has 0 aliphatic carbocycles. The number of benzene rings is 2. The predicted molar refractivity (Wildman–Crippen MR) is 96.0 cm³/mol. The zero-order valence-corrected chi connectivity index (χ0v) is 14.7. The second-order valence-corrected chi connectivity index (χ2v) is 8.46. The average molecular weight is 367 g/mol. The third-order valence-corrected chi connectivity index (χ3v) is 5.66. The Kier molecular flexibility index (Phi) is 4.96. The number of urea groups is 1. The molecule has 1 heterocycles. The van der Waals surface area contributed by atoms with Crippen LogP contribution in [0, 0.1) is 0 Å². The van der Waals surface area contributed by atoms with Gasteiger partial charge < -0.3 is 10.2 Å². The highest BCUT2D eigenvalue weighted by Crippen LogP contribution is 2.30. The predicted octanol–water partition coefficient (Wildman–Crippen LogP) is 4.18. The molecule has 3 rings (SSSR count). The highest BCUT2D eigenvalue weighted by atomic mass is 35.7. The Hall–Kier alpha value is -1.79. The molecule has 0 saturated carbocycles. The number of hydrogen-bond donors (Lipinski definition) is 1. The molecule has 0 radical (unpaired) electrons. The van der Waals surface area contributed by atoms with Crippen LogP contribution in [0.25, 0.3) is 10.8 Å². The van der Waals surface area contributed by atoms with E-state index in [0.717, 1.165) is 38.8 Å². The molecule has 1 N–H and O–H groups in total. The van der Waals surface area contributed by atoms with E-state index in [9.17, 15) is 13.2 Å². The van der Waals surface area contributed by atoms with Gasteiger partial charge >= 0.3 is 6.03 Å². The second-order valence-electron chi connectivity index (χ2n) is 5.93. The molecule has 24 heavy (non-hydrogen) atoms. The Morgan fingerprint density at radius 3 is 2.25 bits per heavy atom. The minimum absolute atomic E-state index is 0.0486. The van der Waals surface area contributed by atoms with Gasteiger partial charge in [-0.1, -0.05) is 37.1 Å². The Morgan fingerprint density at radius 1 is 0.958 bits per heavy atom. The molecule has 2 aromatic carbocycles. The largest absolute Gasteiger partial charge is 0.325 e. The summed E-state index contributed by atoms with van der Waals surface area (Å²) in [5.74, 6) is 0. The van der Waals surface area contributed by atoms with E-state index in [0.29, 0.717) is 16.5 Å². The Bertz CT molecular complexity index is 859. The number of anilines is 1. The molecule has 2 aromatic rings. The van der Waals surface area contributed by atoms with Gasteiger partial charge in [0, 0.05) is 34.5 Å². The van der Waals surface area contributed by atoms with Crippen molar-refractivity contribution < 1.29 is 13.2 Å². The first-order chi connectivity index (χ1) is 11.5. The fraction of sp³-hybridized carbons (Fsp3) is 0.353. The second kappa shape index (κ2) is 6.99. The van der Waals surface area contributed by atoms with Gasteiger partial charge in [-0.15, -0.1) is 0 Å². The molecule has 1 saturated heterocycles. The summed E-state index contributed by atoms with van der Waals surface area (Å²) in [4.78, 5) is 14.4. The van der Waals surface area contributed by atoms with E-state index in [1.54, 1.807) is 30.3 Å². The molecule has 7 heteroatoms. The maximum atomic E-state index is 12.5. The number of nitrogens with one attached hydrogen (secondary N) is 1. The van der Waals surface area contributed by atoms with Crippen molar-refractivity contribution in [3.63, 3.8) is 0 Å². The van der Waals surface area contributed by atoms with Gasteiger partial charge in [-0.3, -0.25) is 0 Å². The summed E-state index contributed by atoms with van der Waals surface area (Å²) in [6.07, 6.45) is 4.32. The molecule has 0 unspecified atom stereocenters. The van der Waals surface area contributed by atoms with Gasteiger partial charge in [-0.05, 0) is 25.0 Å². The van der Waals surface area contributed by atoms with Crippen LogP contribution in [-0.2, 0) is 9.05 Å². The van der Waals surface area contributed by atoms with Crippen molar-refractivity contribution in [3.05, 3.63) is 36.4 Å². The lowest BCUT2D eigenvalue weighted by molar-refractivity contribution is 0.214. The Balaban J connectivity index is 1.94. The van der Waals surface area contributed by atoms with E-state index in [2.05, 4.69) is 5.32 Å². The molecule has 0 bridgehead atoms. The molecular formula is C17H19ClN2O3S. The summed E-state index contributed by atoms with van der Waals surface area (Å²) in [5.41, 5.74) is 0.587. The van der Waals surface area contributed by atoms with Gasteiger partial charge in [0.1, 0.15) is 0 Å². The number of nitrogens with zero attached hydrogens (tertiary/aromatic N) is 1. The quantitative estimate of drug-likeness (QED) is 0.811. The molecule has 1 fully saturated rings. The molecule has 2 amide bonds. The van der Waals surface area contributed by atoms with Crippen LogP contribution in [0.4, 0.5) is 10.5 Å². The molecular weight excluding hydrogens is 348 g/mol. The molecule has 1 aliphatic rings. The van der Waals surface area contributed by atoms with E-state index < -0.39 is 9.05 Å². The van der Waals surface area contributed by atoms with Crippen molar-refractivity contribution in [1.29, 1.82) is 0 Å². The molecule has 5 nitrogen and oxygen atoms in total. The number of rotatable bonds is 2. The number of carbonyl (C=O) groups excluding carboxylic acids is 1. The van der Waals surface area contributed by atoms with Crippen LogP contribution in [0.1, 0.15) is 25.7 Å². The van der Waals surface area contributed by atoms with Crippen LogP contribution in [0.3, 0.4) is 0 Å². The molecule has 0 spiro atoms. The molecule has 1 aliphatic heterocycles. The molecule has 0 atom stereocenters. The highest BCUT2D eigenvalue weighted by Gasteiger charge is 2.18. The van der Waals surface area contributed by atoms with Crippen LogP contribution in [-0.4, -0.2) is 32.4 Å². The number of likely N-dealkylation sites (tertiary alicyclic amines) is 1. The van der Waals surface area contributed by atoms with Crippen LogP contribution in [0.5, 0.6) is 0 Å². The zero-order chi connectivity index (χ0) is 17.2. The van der Waals surface area contributed by atoms with Crippen LogP contribution in [0.15, 0.2) is 41.3 Å². The van der Waals surface area contributed by atoms with Gasteiger partial charge in [0.05, 0.1) is 10.6 Å². The third kappa shape index (κ3) is 3.65. The summed E-state index contributed by atoms with van der Waals surface area (Å²) < 4.78 is 23.5. The van der Waals surface area contributed by atoms with E-state index in [4.69, 9.17) is 10.7 Å². The van der Waals surface area contributed by atoms with Crippen LogP contribution in [0.2, 0.25) is 0 Å². The fourth-order valence-electron chi connectivity index (χ4n) is 3.07. The fourth-order valence-corrected chi connectivity index (χ4v) is 4.16. The van der Waals surface area contributed by atoms with E-state index >= 15 is 0 Å². The summed E-state index contributed by atoms with van der Waals surface area (Å²) in [5, 5.41) is 4.07. The Morgan fingerprint density at radius 2 is 1.58 bits per heavy atom. The van der Waals surface area contributed by atoms with Gasteiger partial charge in [0.15, 0.2) is 0 Å². The van der Waals surface area contributed by atoms with Gasteiger partial charge in [-0.25, -0.2) is 13.2 Å². The summed E-state index contributed by atoms with van der Waals surface area (Å²) in [6.45, 7) is 1.50. The van der Waals surface area contributed by atoms with E-state index in [1.165, 1.54) is 6.07 Å². The van der Waals surface area contributed by atoms with Crippen LogP contribution >= 0.6 is 10.7 Å². The lowest BCUT2D eigenvalue weighted by atomic mass is 10.1. The molecule has 0 aromatic heterocycles. The first-order valence-electron chi connectivity index (χ1n) is 7.99. The van der Waals surface area contributed by atoms with Gasteiger partial charge in [0.25, 0.3) is 9.05 Å². The smallest absolute Gasteiger partial charge is 0.321 e. The lowest BCUT2D eigenvalue weighted by Crippen LogP contribution is -2.35. The van der Waals surface area contributed by atoms with Crippen molar-refractivity contribution in [1.82, 2.24) is 4.90 Å². The number of amides is 2. The first-order valence-corrected chi connectivity index (χ1v) is 10.3. The topological polar surface area (TPSA) is 66.5 Å². The van der Waals surface area contributed by atoms with Crippen molar-refractivity contribution in [2.24, 2.45) is 0 Å². The van der Waals surface area contributed by atoms with Crippen molar-refractivity contribution in [2.75, 3.05) is 18.4 Å². The summed E-state index contributed by atoms with van der Waals surface area (Å²) in [6, 6.07) is 9.88. The standard InChI is InChI=1S/C17H19ClN2O3S/c18-24(22,23)16-10-6-7-13-14(16)8-5-9-15(13)19-17(21)20-11-3-1-2-4-12-20/h5-10H,1-4,11-12H2,(H,19,21). The van der Waals surface area contributed by atoms with Gasteiger partial charge in [-0.2, -0.15) is 0 Å². The average Bonchev–Trinajstić information content (AvgIpc) is 2.83.